The Bertz CT molecular complexity index is 913. The van der Waals surface area contributed by atoms with E-state index >= 15 is 0 Å². The summed E-state index contributed by atoms with van der Waals surface area (Å²) in [5, 5.41) is 2.86. The molecule has 1 heterocycles. The van der Waals surface area contributed by atoms with Crippen LogP contribution in [0.4, 0.5) is 10.5 Å². The lowest BCUT2D eigenvalue weighted by Gasteiger charge is -2.16. The summed E-state index contributed by atoms with van der Waals surface area (Å²) >= 11 is 0. The predicted octanol–water partition coefficient (Wildman–Crippen LogP) is 3.69. The topological polar surface area (TPSA) is 71.5 Å². The van der Waals surface area contributed by atoms with Crippen LogP contribution in [0.25, 0.3) is 0 Å². The van der Waals surface area contributed by atoms with Crippen molar-refractivity contribution in [3.05, 3.63) is 90.3 Å². The molecule has 1 N–H and O–H groups in total. The van der Waals surface area contributed by atoms with E-state index in [0.29, 0.717) is 24.3 Å². The third kappa shape index (κ3) is 5.17. The highest BCUT2D eigenvalue weighted by molar-refractivity contribution is 5.93. The number of ether oxygens (including phenoxy) is 1. The quantitative estimate of drug-likeness (QED) is 0.713. The molecule has 6 nitrogen and oxygen atoms in total. The first-order valence-electron chi connectivity index (χ1n) is 8.91. The number of nitrogens with one attached hydrogen (secondary N) is 1. The monoisotopic (exact) mass is 375 g/mol. The molecule has 0 aliphatic heterocycles. The molecule has 0 fully saturated rings. The summed E-state index contributed by atoms with van der Waals surface area (Å²) in [6.07, 6.45) is 3.38. The Hall–Kier alpha value is -3.67. The van der Waals surface area contributed by atoms with E-state index in [0.717, 1.165) is 11.3 Å². The van der Waals surface area contributed by atoms with Crippen molar-refractivity contribution in [1.29, 1.82) is 0 Å². The molecule has 6 heteroatoms. The van der Waals surface area contributed by atoms with Gasteiger partial charge in [0.2, 0.25) is 0 Å². The van der Waals surface area contributed by atoms with Crippen LogP contribution in [0.1, 0.15) is 15.9 Å². The lowest BCUT2D eigenvalue weighted by molar-refractivity contribution is 0.0953. The minimum Gasteiger partial charge on any atom is -0.410 e. The van der Waals surface area contributed by atoms with Gasteiger partial charge in [0.1, 0.15) is 5.75 Å². The average molecular weight is 375 g/mol. The first kappa shape index (κ1) is 19.1. The summed E-state index contributed by atoms with van der Waals surface area (Å²) in [5.74, 6) is 0.318. The summed E-state index contributed by atoms with van der Waals surface area (Å²) in [4.78, 5) is 29.6. The van der Waals surface area contributed by atoms with Gasteiger partial charge in [0, 0.05) is 31.7 Å². The van der Waals surface area contributed by atoms with E-state index in [1.54, 1.807) is 37.5 Å². The fraction of sp³-hybridized carbons (Fsp3) is 0.136. The van der Waals surface area contributed by atoms with Crippen LogP contribution >= 0.6 is 0 Å². The summed E-state index contributed by atoms with van der Waals surface area (Å²) in [6.45, 7) is 0.504. The van der Waals surface area contributed by atoms with Crippen molar-refractivity contribution in [3.63, 3.8) is 0 Å². The third-order valence-electron chi connectivity index (χ3n) is 4.17. The number of para-hydroxylation sites is 1. The van der Waals surface area contributed by atoms with Crippen LogP contribution in [-0.4, -0.2) is 30.6 Å². The number of amides is 2. The zero-order valence-electron chi connectivity index (χ0n) is 15.5. The van der Waals surface area contributed by atoms with Gasteiger partial charge in [-0.3, -0.25) is 14.7 Å². The maximum absolute atomic E-state index is 12.2. The normalized spacial score (nSPS) is 10.2. The molecule has 3 aromatic rings. The standard InChI is InChI=1S/C22H21N3O3/c1-25(19-7-3-2-4-8-19)22(27)28-20-11-9-17(10-12-20)13-15-24-21(26)18-6-5-14-23-16-18/h2-12,14,16H,13,15H2,1H3,(H,24,26). The summed E-state index contributed by atoms with van der Waals surface area (Å²) in [5.41, 5.74) is 2.32. The van der Waals surface area contributed by atoms with E-state index in [9.17, 15) is 9.59 Å². The van der Waals surface area contributed by atoms with Gasteiger partial charge >= 0.3 is 6.09 Å². The van der Waals surface area contributed by atoms with E-state index < -0.39 is 6.09 Å². The Balaban J connectivity index is 1.48. The molecule has 0 unspecified atom stereocenters. The number of aromatic nitrogens is 1. The van der Waals surface area contributed by atoms with E-state index in [1.807, 2.05) is 42.5 Å². The second-order valence-electron chi connectivity index (χ2n) is 6.15. The molecule has 3 rings (SSSR count). The number of rotatable bonds is 6. The second-order valence-corrected chi connectivity index (χ2v) is 6.15. The Morgan fingerprint density at radius 3 is 2.43 bits per heavy atom. The molecule has 0 bridgehead atoms. The van der Waals surface area contributed by atoms with Gasteiger partial charge in [-0.2, -0.15) is 0 Å². The first-order chi connectivity index (χ1) is 13.6. The highest BCUT2D eigenvalue weighted by Crippen LogP contribution is 2.16. The maximum atomic E-state index is 12.2. The fourth-order valence-corrected chi connectivity index (χ4v) is 2.57. The molecule has 28 heavy (non-hydrogen) atoms. The second kappa shape index (κ2) is 9.32. The number of hydrogen-bond acceptors (Lipinski definition) is 4. The van der Waals surface area contributed by atoms with Crippen molar-refractivity contribution in [1.82, 2.24) is 10.3 Å². The van der Waals surface area contributed by atoms with Crippen molar-refractivity contribution in [2.45, 2.75) is 6.42 Å². The molecule has 0 radical (unpaired) electrons. The molecule has 0 aliphatic carbocycles. The van der Waals surface area contributed by atoms with Crippen LogP contribution in [0.2, 0.25) is 0 Å². The first-order valence-corrected chi connectivity index (χ1v) is 8.91. The highest BCUT2D eigenvalue weighted by atomic mass is 16.6. The van der Waals surface area contributed by atoms with Crippen LogP contribution in [-0.2, 0) is 6.42 Å². The van der Waals surface area contributed by atoms with Crippen molar-refractivity contribution < 1.29 is 14.3 Å². The Kier molecular flexibility index (Phi) is 6.36. The highest BCUT2D eigenvalue weighted by Gasteiger charge is 2.13. The Morgan fingerprint density at radius 2 is 1.75 bits per heavy atom. The molecule has 142 valence electrons. The van der Waals surface area contributed by atoms with Crippen molar-refractivity contribution in [2.75, 3.05) is 18.5 Å². The van der Waals surface area contributed by atoms with E-state index in [-0.39, 0.29) is 5.91 Å². The van der Waals surface area contributed by atoms with Gasteiger partial charge in [0.15, 0.2) is 0 Å². The lowest BCUT2D eigenvalue weighted by Crippen LogP contribution is -2.29. The molecule has 2 aromatic carbocycles. The van der Waals surface area contributed by atoms with Crippen molar-refractivity contribution >= 4 is 17.7 Å². The maximum Gasteiger partial charge on any atom is 0.419 e. The van der Waals surface area contributed by atoms with Gasteiger partial charge in [-0.25, -0.2) is 4.79 Å². The van der Waals surface area contributed by atoms with Crippen LogP contribution in [0.3, 0.4) is 0 Å². The zero-order valence-corrected chi connectivity index (χ0v) is 15.5. The van der Waals surface area contributed by atoms with E-state index in [4.69, 9.17) is 4.74 Å². The van der Waals surface area contributed by atoms with E-state index in [2.05, 4.69) is 10.3 Å². The molecule has 2 amide bonds. The fourth-order valence-electron chi connectivity index (χ4n) is 2.57. The molecule has 1 aromatic heterocycles. The number of benzene rings is 2. The summed E-state index contributed by atoms with van der Waals surface area (Å²) < 4.78 is 5.40. The predicted molar refractivity (Wildman–Crippen MR) is 108 cm³/mol. The molecule has 0 spiro atoms. The van der Waals surface area contributed by atoms with Crippen LogP contribution in [0, 0.1) is 0 Å². The number of nitrogens with zero attached hydrogens (tertiary/aromatic N) is 2. The molecule has 0 atom stereocenters. The SMILES string of the molecule is CN(C(=O)Oc1ccc(CCNC(=O)c2cccnc2)cc1)c1ccccc1. The number of pyridine rings is 1. The molecule has 0 aliphatic rings. The Morgan fingerprint density at radius 1 is 1.00 bits per heavy atom. The molecule has 0 saturated carbocycles. The number of hydrogen-bond donors (Lipinski definition) is 1. The number of anilines is 1. The van der Waals surface area contributed by atoms with Crippen LogP contribution in [0.15, 0.2) is 79.1 Å². The Labute approximate surface area is 163 Å². The van der Waals surface area contributed by atoms with E-state index in [1.165, 1.54) is 11.1 Å². The average Bonchev–Trinajstić information content (AvgIpc) is 2.75. The van der Waals surface area contributed by atoms with Crippen molar-refractivity contribution in [3.8, 4) is 5.75 Å². The largest absolute Gasteiger partial charge is 0.419 e. The molecular formula is C22H21N3O3. The van der Waals surface area contributed by atoms with Gasteiger partial charge in [-0.15, -0.1) is 0 Å². The van der Waals surface area contributed by atoms with Crippen LogP contribution in [0.5, 0.6) is 5.75 Å². The summed E-state index contributed by atoms with van der Waals surface area (Å²) in [6, 6.07) is 20.0. The van der Waals surface area contributed by atoms with Crippen molar-refractivity contribution in [2.24, 2.45) is 0 Å². The third-order valence-corrected chi connectivity index (χ3v) is 4.17. The lowest BCUT2D eigenvalue weighted by atomic mass is 10.1. The van der Waals surface area contributed by atoms with Gasteiger partial charge in [-0.1, -0.05) is 30.3 Å². The minimum absolute atomic E-state index is 0.150. The zero-order chi connectivity index (χ0) is 19.8. The van der Waals surface area contributed by atoms with Gasteiger partial charge < -0.3 is 10.1 Å². The van der Waals surface area contributed by atoms with Crippen LogP contribution < -0.4 is 15.0 Å². The van der Waals surface area contributed by atoms with Gasteiger partial charge in [0.25, 0.3) is 5.91 Å². The smallest absolute Gasteiger partial charge is 0.410 e. The number of carbonyl (C=O) groups is 2. The molecular weight excluding hydrogens is 354 g/mol. The molecule has 0 saturated heterocycles. The van der Waals surface area contributed by atoms with Gasteiger partial charge in [-0.05, 0) is 48.4 Å². The number of carbonyl (C=O) groups excluding carboxylic acids is 2. The summed E-state index contributed by atoms with van der Waals surface area (Å²) in [7, 11) is 1.66. The minimum atomic E-state index is -0.456. The van der Waals surface area contributed by atoms with Gasteiger partial charge in [0.05, 0.1) is 5.56 Å².